The Morgan fingerprint density at radius 2 is 1.35 bits per heavy atom. The van der Waals surface area contributed by atoms with E-state index in [1.54, 1.807) is 0 Å². The second-order valence-electron chi connectivity index (χ2n) is 5.98. The van der Waals surface area contributed by atoms with Gasteiger partial charge in [-0.25, -0.2) is 0 Å². The van der Waals surface area contributed by atoms with E-state index < -0.39 is 18.0 Å². The Labute approximate surface area is 120 Å². The zero-order valence-corrected chi connectivity index (χ0v) is 13.0. The predicted octanol–water partition coefficient (Wildman–Crippen LogP) is 0.553. The maximum Gasteiger partial charge on any atom is 0.243 e. The highest BCUT2D eigenvalue weighted by Crippen LogP contribution is 2.08. The van der Waals surface area contributed by atoms with Crippen molar-refractivity contribution in [1.29, 1.82) is 0 Å². The molecule has 0 saturated heterocycles. The normalized spacial score (nSPS) is 13.9. The highest BCUT2D eigenvalue weighted by atomic mass is 16.2. The van der Waals surface area contributed by atoms with Gasteiger partial charge in [0.25, 0.3) is 0 Å². The Bertz CT molecular complexity index is 354. The molecule has 116 valence electrons. The van der Waals surface area contributed by atoms with Crippen molar-refractivity contribution in [2.75, 3.05) is 0 Å². The number of rotatable bonds is 8. The van der Waals surface area contributed by atoms with Crippen LogP contribution in [0.25, 0.3) is 0 Å². The third-order valence-electron chi connectivity index (χ3n) is 2.77. The Morgan fingerprint density at radius 1 is 0.900 bits per heavy atom. The van der Waals surface area contributed by atoms with Crippen LogP contribution in [-0.4, -0.2) is 29.8 Å². The molecule has 0 aliphatic heterocycles. The van der Waals surface area contributed by atoms with Crippen molar-refractivity contribution in [3.63, 3.8) is 0 Å². The van der Waals surface area contributed by atoms with Gasteiger partial charge in [0.15, 0.2) is 0 Å². The maximum atomic E-state index is 12.2. The van der Waals surface area contributed by atoms with Gasteiger partial charge in [-0.05, 0) is 24.7 Å². The SMILES string of the molecule is CC(=O)N[C@@H](CC(C)C)C(=O)N[C@H](CC(C)C)C(N)=O. The van der Waals surface area contributed by atoms with Gasteiger partial charge < -0.3 is 16.4 Å². The first-order chi connectivity index (χ1) is 9.13. The van der Waals surface area contributed by atoms with Crippen molar-refractivity contribution in [1.82, 2.24) is 10.6 Å². The van der Waals surface area contributed by atoms with Crippen LogP contribution in [0.2, 0.25) is 0 Å². The lowest BCUT2D eigenvalue weighted by Crippen LogP contribution is -2.53. The van der Waals surface area contributed by atoms with Crippen LogP contribution in [0.4, 0.5) is 0 Å². The number of hydrogen-bond acceptors (Lipinski definition) is 3. The van der Waals surface area contributed by atoms with Gasteiger partial charge in [0.2, 0.25) is 17.7 Å². The molecule has 0 aromatic heterocycles. The zero-order chi connectivity index (χ0) is 15.9. The van der Waals surface area contributed by atoms with E-state index in [-0.39, 0.29) is 23.7 Å². The molecule has 0 aromatic rings. The number of hydrogen-bond donors (Lipinski definition) is 3. The van der Waals surface area contributed by atoms with Gasteiger partial charge >= 0.3 is 0 Å². The number of nitrogens with one attached hydrogen (secondary N) is 2. The third kappa shape index (κ3) is 7.76. The summed E-state index contributed by atoms with van der Waals surface area (Å²) in [6.07, 6.45) is 0.994. The standard InChI is InChI=1S/C14H27N3O3/c1-8(2)6-11(13(15)19)17-14(20)12(7-9(3)4)16-10(5)18/h8-9,11-12H,6-7H2,1-5H3,(H2,15,19)(H,16,18)(H,17,20)/t11-,12+/m1/s1. The molecule has 0 rings (SSSR count). The van der Waals surface area contributed by atoms with Crippen molar-refractivity contribution in [2.45, 2.75) is 59.5 Å². The van der Waals surface area contributed by atoms with Crippen LogP contribution in [0.3, 0.4) is 0 Å². The van der Waals surface area contributed by atoms with Crippen molar-refractivity contribution in [3.8, 4) is 0 Å². The summed E-state index contributed by atoms with van der Waals surface area (Å²) in [5.74, 6) is -0.714. The Morgan fingerprint density at radius 3 is 1.70 bits per heavy atom. The van der Waals surface area contributed by atoms with Gasteiger partial charge in [0.1, 0.15) is 12.1 Å². The Hall–Kier alpha value is -1.59. The molecular weight excluding hydrogens is 258 g/mol. The second-order valence-corrected chi connectivity index (χ2v) is 5.98. The average Bonchev–Trinajstić information content (AvgIpc) is 2.24. The van der Waals surface area contributed by atoms with E-state index in [9.17, 15) is 14.4 Å². The van der Waals surface area contributed by atoms with Crippen LogP contribution in [0.5, 0.6) is 0 Å². The fraction of sp³-hybridized carbons (Fsp3) is 0.786. The van der Waals surface area contributed by atoms with Crippen LogP contribution < -0.4 is 16.4 Å². The van der Waals surface area contributed by atoms with E-state index in [1.165, 1.54) is 6.92 Å². The summed E-state index contributed by atoms with van der Waals surface area (Å²) in [7, 11) is 0. The molecule has 0 unspecified atom stereocenters. The summed E-state index contributed by atoms with van der Waals surface area (Å²) in [6, 6.07) is -1.34. The van der Waals surface area contributed by atoms with Gasteiger partial charge in [-0.15, -0.1) is 0 Å². The molecule has 4 N–H and O–H groups in total. The van der Waals surface area contributed by atoms with Crippen LogP contribution in [0.15, 0.2) is 0 Å². The number of primary amides is 1. The molecule has 0 saturated carbocycles. The molecule has 0 fully saturated rings. The highest BCUT2D eigenvalue weighted by molar-refractivity contribution is 5.91. The fourth-order valence-electron chi connectivity index (χ4n) is 1.94. The van der Waals surface area contributed by atoms with Crippen molar-refractivity contribution < 1.29 is 14.4 Å². The summed E-state index contributed by atoms with van der Waals surface area (Å²) in [5, 5.41) is 5.24. The van der Waals surface area contributed by atoms with Crippen LogP contribution >= 0.6 is 0 Å². The van der Waals surface area contributed by atoms with Crippen molar-refractivity contribution >= 4 is 17.7 Å². The number of carbonyl (C=O) groups excluding carboxylic acids is 3. The molecule has 0 spiro atoms. The van der Waals surface area contributed by atoms with Gasteiger partial charge in [-0.2, -0.15) is 0 Å². The molecule has 6 nitrogen and oxygen atoms in total. The van der Waals surface area contributed by atoms with E-state index >= 15 is 0 Å². The van der Waals surface area contributed by atoms with Crippen LogP contribution in [0, 0.1) is 11.8 Å². The molecular formula is C14H27N3O3. The van der Waals surface area contributed by atoms with E-state index in [2.05, 4.69) is 10.6 Å². The molecule has 3 amide bonds. The molecule has 0 radical (unpaired) electrons. The summed E-state index contributed by atoms with van der Waals surface area (Å²) >= 11 is 0. The highest BCUT2D eigenvalue weighted by Gasteiger charge is 2.25. The van der Waals surface area contributed by atoms with Gasteiger partial charge in [0, 0.05) is 6.92 Å². The molecule has 0 heterocycles. The summed E-state index contributed by atoms with van der Waals surface area (Å²) in [6.45, 7) is 9.17. The third-order valence-corrected chi connectivity index (χ3v) is 2.77. The van der Waals surface area contributed by atoms with Crippen LogP contribution in [0.1, 0.15) is 47.5 Å². The van der Waals surface area contributed by atoms with E-state index in [0.29, 0.717) is 12.8 Å². The maximum absolute atomic E-state index is 12.2. The first-order valence-electron chi connectivity index (χ1n) is 7.00. The van der Waals surface area contributed by atoms with Crippen LogP contribution in [-0.2, 0) is 14.4 Å². The smallest absolute Gasteiger partial charge is 0.243 e. The predicted molar refractivity (Wildman–Crippen MR) is 77.6 cm³/mol. The molecule has 6 heteroatoms. The Balaban J connectivity index is 4.77. The molecule has 0 bridgehead atoms. The summed E-state index contributed by atoms with van der Waals surface area (Å²) in [5.41, 5.74) is 5.29. The topological polar surface area (TPSA) is 101 Å². The van der Waals surface area contributed by atoms with Gasteiger partial charge in [-0.1, -0.05) is 27.7 Å². The van der Waals surface area contributed by atoms with Gasteiger partial charge in [-0.3, -0.25) is 14.4 Å². The van der Waals surface area contributed by atoms with Crippen molar-refractivity contribution in [2.24, 2.45) is 17.6 Å². The fourth-order valence-corrected chi connectivity index (χ4v) is 1.94. The first-order valence-corrected chi connectivity index (χ1v) is 7.00. The molecule has 20 heavy (non-hydrogen) atoms. The second kappa shape index (κ2) is 8.55. The molecule has 0 aromatic carbocycles. The Kier molecular flexibility index (Phi) is 7.87. The summed E-state index contributed by atoms with van der Waals surface area (Å²) < 4.78 is 0. The van der Waals surface area contributed by atoms with Crippen molar-refractivity contribution in [3.05, 3.63) is 0 Å². The quantitative estimate of drug-likeness (QED) is 0.607. The molecule has 2 atom stereocenters. The lowest BCUT2D eigenvalue weighted by molar-refractivity contribution is -0.131. The zero-order valence-electron chi connectivity index (χ0n) is 13.0. The average molecular weight is 285 g/mol. The lowest BCUT2D eigenvalue weighted by Gasteiger charge is -2.23. The largest absolute Gasteiger partial charge is 0.368 e. The first kappa shape index (κ1) is 18.4. The monoisotopic (exact) mass is 285 g/mol. The molecule has 0 aliphatic rings. The van der Waals surface area contributed by atoms with E-state index in [4.69, 9.17) is 5.73 Å². The number of carbonyl (C=O) groups is 3. The minimum Gasteiger partial charge on any atom is -0.368 e. The number of nitrogens with two attached hydrogens (primary N) is 1. The van der Waals surface area contributed by atoms with Gasteiger partial charge in [0.05, 0.1) is 0 Å². The summed E-state index contributed by atoms with van der Waals surface area (Å²) in [4.78, 5) is 34.7. The number of amides is 3. The lowest BCUT2D eigenvalue weighted by atomic mass is 10.0. The minimum atomic E-state index is -0.703. The van der Waals surface area contributed by atoms with E-state index in [1.807, 2.05) is 27.7 Å². The molecule has 0 aliphatic carbocycles. The van der Waals surface area contributed by atoms with E-state index in [0.717, 1.165) is 0 Å². The minimum absolute atomic E-state index is 0.233.